The standard InChI is InChI=1S/C22H31N3O4/c1-6-23-22(4,5)20(21(27)25-28)24-17(3)19-12-11-18(15-16(19)2)29-14-10-8-7-9-13-26/h8,10-12,15,20,23,26,28H,6,13-14H2,1-5H3,(H,25,27). The molecule has 0 aliphatic rings. The van der Waals surface area contributed by atoms with Crippen LogP contribution in [0.5, 0.6) is 5.75 Å². The maximum Gasteiger partial charge on any atom is 0.270 e. The Balaban J connectivity index is 3.00. The van der Waals surface area contributed by atoms with Gasteiger partial charge in [-0.15, -0.1) is 0 Å². The first kappa shape index (κ1) is 24.4. The largest absolute Gasteiger partial charge is 0.490 e. The Hall–Kier alpha value is -2.66. The van der Waals surface area contributed by atoms with Crippen molar-refractivity contribution in [1.29, 1.82) is 0 Å². The molecule has 4 N–H and O–H groups in total. The molecule has 7 heteroatoms. The van der Waals surface area contributed by atoms with Crippen molar-refractivity contribution in [1.82, 2.24) is 10.8 Å². The Morgan fingerprint density at radius 3 is 2.72 bits per heavy atom. The van der Waals surface area contributed by atoms with Gasteiger partial charge in [0.25, 0.3) is 5.91 Å². The number of rotatable bonds is 9. The van der Waals surface area contributed by atoms with Gasteiger partial charge in [-0.2, -0.15) is 0 Å². The van der Waals surface area contributed by atoms with E-state index in [2.05, 4.69) is 22.2 Å². The molecule has 0 aliphatic heterocycles. The molecule has 7 nitrogen and oxygen atoms in total. The molecule has 0 bridgehead atoms. The van der Waals surface area contributed by atoms with E-state index in [4.69, 9.17) is 15.1 Å². The molecule has 1 rings (SSSR count). The van der Waals surface area contributed by atoms with Crippen molar-refractivity contribution >= 4 is 11.6 Å². The molecule has 0 saturated carbocycles. The van der Waals surface area contributed by atoms with Crippen LogP contribution in [0.15, 0.2) is 35.3 Å². The van der Waals surface area contributed by atoms with E-state index in [0.717, 1.165) is 11.1 Å². The van der Waals surface area contributed by atoms with E-state index in [-0.39, 0.29) is 6.61 Å². The van der Waals surface area contributed by atoms with Crippen molar-refractivity contribution in [3.8, 4) is 17.6 Å². The first-order chi connectivity index (χ1) is 13.8. The second kappa shape index (κ2) is 12.0. The van der Waals surface area contributed by atoms with E-state index in [0.29, 0.717) is 24.6 Å². The second-order valence-corrected chi connectivity index (χ2v) is 7.01. The van der Waals surface area contributed by atoms with Crippen molar-refractivity contribution in [2.45, 2.75) is 46.2 Å². The lowest BCUT2D eigenvalue weighted by molar-refractivity contribution is -0.132. The average molecular weight is 402 g/mol. The number of amides is 1. The van der Waals surface area contributed by atoms with Gasteiger partial charge in [0.1, 0.15) is 25.0 Å². The van der Waals surface area contributed by atoms with Crippen molar-refractivity contribution in [2.24, 2.45) is 4.99 Å². The highest BCUT2D eigenvalue weighted by Crippen LogP contribution is 2.20. The predicted octanol–water partition coefficient (Wildman–Crippen LogP) is 2.00. The van der Waals surface area contributed by atoms with Crippen LogP contribution in [0.3, 0.4) is 0 Å². The fourth-order valence-corrected chi connectivity index (χ4v) is 2.91. The fourth-order valence-electron chi connectivity index (χ4n) is 2.91. The summed E-state index contributed by atoms with van der Waals surface area (Å²) in [6, 6.07) is 4.84. The minimum Gasteiger partial charge on any atom is -0.490 e. The lowest BCUT2D eigenvalue weighted by atomic mass is 9.93. The summed E-state index contributed by atoms with van der Waals surface area (Å²) in [5.74, 6) is 5.34. The summed E-state index contributed by atoms with van der Waals surface area (Å²) in [6.45, 7) is 10.3. The van der Waals surface area contributed by atoms with E-state index < -0.39 is 17.5 Å². The normalized spacial score (nSPS) is 13.0. The number of benzene rings is 1. The van der Waals surface area contributed by atoms with Crippen LogP contribution < -0.4 is 15.5 Å². The van der Waals surface area contributed by atoms with E-state index in [1.165, 1.54) is 0 Å². The topological polar surface area (TPSA) is 103 Å². The molecule has 0 radical (unpaired) electrons. The molecule has 0 fully saturated rings. The molecule has 1 amide bonds. The number of aliphatic hydroxyl groups excluding tert-OH is 1. The number of hydrogen-bond acceptors (Lipinski definition) is 6. The molecule has 1 aromatic rings. The fraction of sp³-hybridized carbons (Fsp3) is 0.455. The Kier molecular flexibility index (Phi) is 10.1. The Labute approximate surface area is 172 Å². The number of allylic oxidation sites excluding steroid dienone is 1. The number of aliphatic hydroxyl groups is 1. The zero-order valence-corrected chi connectivity index (χ0v) is 17.7. The number of ether oxygens (including phenoxy) is 1. The average Bonchev–Trinajstić information content (AvgIpc) is 2.68. The maximum absolute atomic E-state index is 12.2. The van der Waals surface area contributed by atoms with Crippen molar-refractivity contribution < 1.29 is 19.8 Å². The Morgan fingerprint density at radius 1 is 1.41 bits per heavy atom. The minimum absolute atomic E-state index is 0.167. The van der Waals surface area contributed by atoms with Gasteiger partial charge >= 0.3 is 0 Å². The summed E-state index contributed by atoms with van der Waals surface area (Å²) in [6.07, 6.45) is 3.40. The van der Waals surface area contributed by atoms with Crippen LogP contribution in [0.4, 0.5) is 0 Å². The number of nitrogens with one attached hydrogen (secondary N) is 2. The molecule has 0 heterocycles. The van der Waals surface area contributed by atoms with E-state index in [1.807, 2.05) is 52.8 Å². The number of hydroxylamine groups is 1. The smallest absolute Gasteiger partial charge is 0.270 e. The van der Waals surface area contributed by atoms with Gasteiger partial charge in [0.2, 0.25) is 0 Å². The summed E-state index contributed by atoms with van der Waals surface area (Å²) in [4.78, 5) is 16.8. The monoisotopic (exact) mass is 401 g/mol. The van der Waals surface area contributed by atoms with Crippen molar-refractivity contribution in [3.63, 3.8) is 0 Å². The highest BCUT2D eigenvalue weighted by molar-refractivity contribution is 6.01. The predicted molar refractivity (Wildman–Crippen MR) is 114 cm³/mol. The van der Waals surface area contributed by atoms with Gasteiger partial charge in [-0.3, -0.25) is 15.0 Å². The number of carbonyl (C=O) groups excluding carboxylic acids is 1. The molecular weight excluding hydrogens is 370 g/mol. The van der Waals surface area contributed by atoms with Crippen molar-refractivity contribution in [2.75, 3.05) is 19.8 Å². The molecule has 29 heavy (non-hydrogen) atoms. The summed E-state index contributed by atoms with van der Waals surface area (Å²) in [5.41, 5.74) is 3.62. The number of aryl methyl sites for hydroxylation is 1. The van der Waals surface area contributed by atoms with Gasteiger partial charge in [0.05, 0.1) is 0 Å². The highest BCUT2D eigenvalue weighted by atomic mass is 16.5. The first-order valence-corrected chi connectivity index (χ1v) is 9.48. The number of nitrogens with zero attached hydrogens (tertiary/aromatic N) is 1. The highest BCUT2D eigenvalue weighted by Gasteiger charge is 2.34. The lowest BCUT2D eigenvalue weighted by Crippen LogP contribution is -2.55. The molecule has 0 spiro atoms. The van der Waals surface area contributed by atoms with E-state index in [9.17, 15) is 4.79 Å². The number of hydrogen-bond donors (Lipinski definition) is 4. The van der Waals surface area contributed by atoms with Gasteiger partial charge in [0, 0.05) is 11.3 Å². The van der Waals surface area contributed by atoms with E-state index >= 15 is 0 Å². The molecule has 158 valence electrons. The summed E-state index contributed by atoms with van der Waals surface area (Å²) in [7, 11) is 0. The number of aliphatic imine (C=N–C) groups is 1. The Bertz CT molecular complexity index is 804. The van der Waals surface area contributed by atoms with Crippen LogP contribution >= 0.6 is 0 Å². The summed E-state index contributed by atoms with van der Waals surface area (Å²) in [5, 5.41) is 20.9. The number of carbonyl (C=O) groups is 1. The lowest BCUT2D eigenvalue weighted by Gasteiger charge is -2.31. The van der Waals surface area contributed by atoms with Gasteiger partial charge in [-0.1, -0.05) is 18.8 Å². The molecule has 1 aromatic carbocycles. The SMILES string of the molecule is CCNC(C)(C)C(N=C(C)c1ccc(OCC=CC#CCO)cc1C)C(=O)NO. The van der Waals surface area contributed by atoms with Crippen molar-refractivity contribution in [3.05, 3.63) is 41.5 Å². The van der Waals surface area contributed by atoms with Crippen LogP contribution in [0.25, 0.3) is 0 Å². The third kappa shape index (κ3) is 7.70. The third-order valence-corrected chi connectivity index (χ3v) is 4.31. The minimum atomic E-state index is -0.798. The van der Waals surface area contributed by atoms with Gasteiger partial charge in [-0.25, -0.2) is 5.48 Å². The van der Waals surface area contributed by atoms with Crippen LogP contribution in [0.1, 0.15) is 38.8 Å². The molecule has 1 atom stereocenters. The zero-order chi connectivity index (χ0) is 21.9. The molecule has 0 aromatic heterocycles. The van der Waals surface area contributed by atoms with Gasteiger partial charge in [-0.05, 0) is 75.7 Å². The zero-order valence-electron chi connectivity index (χ0n) is 17.7. The van der Waals surface area contributed by atoms with Crippen LogP contribution in [0, 0.1) is 18.8 Å². The molecule has 1 unspecified atom stereocenters. The maximum atomic E-state index is 12.2. The summed E-state index contributed by atoms with van der Waals surface area (Å²) < 4.78 is 5.66. The molecular formula is C22H31N3O4. The van der Waals surface area contributed by atoms with E-state index in [1.54, 1.807) is 17.6 Å². The van der Waals surface area contributed by atoms with Gasteiger partial charge in [0.15, 0.2) is 0 Å². The summed E-state index contributed by atoms with van der Waals surface area (Å²) >= 11 is 0. The Morgan fingerprint density at radius 2 is 2.14 bits per heavy atom. The number of likely N-dealkylation sites (N-methyl/N-ethyl adjacent to an activating group) is 1. The van der Waals surface area contributed by atoms with Crippen LogP contribution in [0.2, 0.25) is 0 Å². The molecule has 0 saturated heterocycles. The quantitative estimate of drug-likeness (QED) is 0.219. The first-order valence-electron chi connectivity index (χ1n) is 9.48. The van der Waals surface area contributed by atoms with Gasteiger partial charge < -0.3 is 15.2 Å². The van der Waals surface area contributed by atoms with Crippen LogP contribution in [-0.2, 0) is 4.79 Å². The second-order valence-electron chi connectivity index (χ2n) is 7.01. The van der Waals surface area contributed by atoms with Crippen LogP contribution in [-0.4, -0.2) is 53.3 Å². The molecule has 0 aliphatic carbocycles. The third-order valence-electron chi connectivity index (χ3n) is 4.31.